The third-order valence-electron chi connectivity index (χ3n) is 5.93. The van der Waals surface area contributed by atoms with Crippen molar-refractivity contribution in [2.24, 2.45) is 0 Å². The lowest BCUT2D eigenvalue weighted by Gasteiger charge is -2.23. The van der Waals surface area contributed by atoms with Crippen LogP contribution in [0.25, 0.3) is 21.5 Å². The molecule has 1 aromatic carbocycles. The van der Waals surface area contributed by atoms with Crippen LogP contribution in [-0.2, 0) is 16.1 Å². The third kappa shape index (κ3) is 2.66. The molecule has 1 aliphatic carbocycles. The Labute approximate surface area is 167 Å². The molecule has 2 aliphatic rings. The number of para-hydroxylation sites is 1. The summed E-state index contributed by atoms with van der Waals surface area (Å²) in [5.41, 5.74) is 5.34. The second-order valence-corrected chi connectivity index (χ2v) is 8.65. The first-order chi connectivity index (χ1) is 13.7. The highest BCUT2D eigenvalue weighted by molar-refractivity contribution is 7.21. The van der Waals surface area contributed by atoms with Crippen molar-refractivity contribution in [2.45, 2.75) is 44.6 Å². The molecular weight excluding hydrogens is 372 g/mol. The number of nitrogens with one attached hydrogen (secondary N) is 1. The summed E-state index contributed by atoms with van der Waals surface area (Å²) in [6.45, 7) is 0.255. The normalized spacial score (nSPS) is 17.0. The van der Waals surface area contributed by atoms with E-state index in [4.69, 9.17) is 4.74 Å². The van der Waals surface area contributed by atoms with Gasteiger partial charge in [-0.05, 0) is 36.5 Å². The predicted octanol–water partition coefficient (Wildman–Crippen LogP) is 5.16. The van der Waals surface area contributed by atoms with Gasteiger partial charge in [0.1, 0.15) is 11.4 Å². The summed E-state index contributed by atoms with van der Waals surface area (Å²) in [7, 11) is 1.41. The summed E-state index contributed by atoms with van der Waals surface area (Å²) in [6, 6.07) is 9.92. The molecule has 144 valence electrons. The monoisotopic (exact) mass is 394 g/mol. The van der Waals surface area contributed by atoms with Crippen LogP contribution < -0.4 is 5.32 Å². The number of anilines is 1. The van der Waals surface area contributed by atoms with Crippen molar-refractivity contribution in [3.8, 4) is 11.3 Å². The smallest absolute Gasteiger partial charge is 0.348 e. The fraction of sp³-hybridized carbons (Fsp3) is 0.364. The van der Waals surface area contributed by atoms with E-state index in [0.717, 1.165) is 40.0 Å². The molecule has 0 atom stereocenters. The summed E-state index contributed by atoms with van der Waals surface area (Å²) >= 11 is 1.50. The first-order valence-corrected chi connectivity index (χ1v) is 10.6. The number of hydrogen-bond acceptors (Lipinski definition) is 4. The highest BCUT2D eigenvalue weighted by atomic mass is 32.1. The number of aromatic nitrogens is 1. The molecule has 5 nitrogen and oxygen atoms in total. The maximum atomic E-state index is 12.6. The van der Waals surface area contributed by atoms with Crippen LogP contribution in [-0.4, -0.2) is 23.6 Å². The Morgan fingerprint density at radius 1 is 1.21 bits per heavy atom. The lowest BCUT2D eigenvalue weighted by atomic mass is 9.83. The Balaban J connectivity index is 1.82. The summed E-state index contributed by atoms with van der Waals surface area (Å²) < 4.78 is 8.18. The lowest BCUT2D eigenvalue weighted by Crippen LogP contribution is -2.16. The van der Waals surface area contributed by atoms with E-state index in [1.165, 1.54) is 43.3 Å². The predicted molar refractivity (Wildman–Crippen MR) is 111 cm³/mol. The minimum atomic E-state index is -0.316. The molecule has 1 fully saturated rings. The van der Waals surface area contributed by atoms with E-state index in [9.17, 15) is 9.59 Å². The van der Waals surface area contributed by atoms with Gasteiger partial charge in [0.25, 0.3) is 0 Å². The molecule has 0 saturated heterocycles. The number of fused-ring (bicyclic) bond motifs is 5. The number of carbonyl (C=O) groups excluding carboxylic acids is 2. The number of carbonyl (C=O) groups is 2. The highest BCUT2D eigenvalue weighted by Gasteiger charge is 2.31. The zero-order valence-electron chi connectivity index (χ0n) is 15.8. The maximum absolute atomic E-state index is 12.6. The molecule has 2 aromatic heterocycles. The average molecular weight is 394 g/mol. The van der Waals surface area contributed by atoms with Crippen molar-refractivity contribution in [2.75, 3.05) is 12.4 Å². The van der Waals surface area contributed by atoms with Gasteiger partial charge in [0.05, 0.1) is 28.7 Å². The molecule has 0 unspecified atom stereocenters. The van der Waals surface area contributed by atoms with E-state index in [1.807, 2.05) is 24.3 Å². The Morgan fingerprint density at radius 2 is 2.00 bits per heavy atom. The van der Waals surface area contributed by atoms with Crippen LogP contribution in [0.1, 0.15) is 53.3 Å². The summed E-state index contributed by atoms with van der Waals surface area (Å²) in [5, 5.41) is 3.04. The number of benzene rings is 1. The Hall–Kier alpha value is -2.60. The van der Waals surface area contributed by atoms with Crippen molar-refractivity contribution < 1.29 is 14.3 Å². The zero-order chi connectivity index (χ0) is 19.3. The largest absolute Gasteiger partial charge is 0.465 e. The molecule has 1 amide bonds. The van der Waals surface area contributed by atoms with E-state index in [2.05, 4.69) is 16.0 Å². The molecule has 1 saturated carbocycles. The first-order valence-electron chi connectivity index (χ1n) is 9.81. The van der Waals surface area contributed by atoms with E-state index >= 15 is 0 Å². The van der Waals surface area contributed by atoms with Crippen molar-refractivity contribution >= 4 is 39.1 Å². The van der Waals surface area contributed by atoms with E-state index in [0.29, 0.717) is 10.8 Å². The second kappa shape index (κ2) is 6.78. The molecule has 3 aromatic rings. The molecule has 1 N–H and O–H groups in total. The molecule has 6 heteroatoms. The molecule has 3 heterocycles. The van der Waals surface area contributed by atoms with Gasteiger partial charge in [-0.3, -0.25) is 4.79 Å². The van der Waals surface area contributed by atoms with Crippen molar-refractivity contribution in [1.29, 1.82) is 0 Å². The van der Waals surface area contributed by atoms with Gasteiger partial charge in [-0.2, -0.15) is 0 Å². The average Bonchev–Trinajstić information content (AvgIpc) is 3.22. The molecule has 1 aliphatic heterocycles. The van der Waals surface area contributed by atoms with Crippen LogP contribution >= 0.6 is 11.3 Å². The number of esters is 1. The van der Waals surface area contributed by atoms with Gasteiger partial charge < -0.3 is 14.6 Å². The lowest BCUT2D eigenvalue weighted by molar-refractivity contribution is -0.116. The van der Waals surface area contributed by atoms with Gasteiger partial charge in [-0.15, -0.1) is 11.3 Å². The minimum absolute atomic E-state index is 0.0379. The standard InChI is InChI=1S/C22H22N2O3S/c1-27-22(26)17-11-16-21(28-17)19(13-7-3-2-4-8-13)20-14-9-5-6-10-15(14)23-18(25)12-24(16)20/h5-6,9-11,13H,2-4,7-8,12H2,1H3,(H,23,25). The number of methoxy groups -OCH3 is 1. The van der Waals surface area contributed by atoms with Gasteiger partial charge in [0.2, 0.25) is 5.91 Å². The fourth-order valence-electron chi connectivity index (χ4n) is 4.71. The molecule has 5 rings (SSSR count). The van der Waals surface area contributed by atoms with Crippen LogP contribution in [0.3, 0.4) is 0 Å². The molecule has 0 bridgehead atoms. The van der Waals surface area contributed by atoms with Crippen molar-refractivity contribution in [3.63, 3.8) is 0 Å². The van der Waals surface area contributed by atoms with Crippen LogP contribution in [0.2, 0.25) is 0 Å². The van der Waals surface area contributed by atoms with E-state index in [-0.39, 0.29) is 18.4 Å². The van der Waals surface area contributed by atoms with E-state index < -0.39 is 0 Å². The van der Waals surface area contributed by atoms with Gasteiger partial charge in [-0.25, -0.2) is 4.79 Å². The summed E-state index contributed by atoms with van der Waals surface area (Å²) in [6.07, 6.45) is 6.04. The zero-order valence-corrected chi connectivity index (χ0v) is 16.6. The maximum Gasteiger partial charge on any atom is 0.348 e. The summed E-state index contributed by atoms with van der Waals surface area (Å²) in [5.74, 6) is 0.102. The Morgan fingerprint density at radius 3 is 2.79 bits per heavy atom. The van der Waals surface area contributed by atoms with Gasteiger partial charge in [0.15, 0.2) is 0 Å². The molecule has 0 spiro atoms. The van der Waals surface area contributed by atoms with Crippen LogP contribution in [0.15, 0.2) is 30.3 Å². The number of nitrogens with zero attached hydrogens (tertiary/aromatic N) is 1. The number of ether oxygens (including phenoxy) is 1. The van der Waals surface area contributed by atoms with Gasteiger partial charge >= 0.3 is 5.97 Å². The van der Waals surface area contributed by atoms with E-state index in [1.54, 1.807) is 0 Å². The second-order valence-electron chi connectivity index (χ2n) is 7.59. The Bertz CT molecular complexity index is 1090. The topological polar surface area (TPSA) is 60.3 Å². The van der Waals surface area contributed by atoms with Crippen LogP contribution in [0.5, 0.6) is 0 Å². The van der Waals surface area contributed by atoms with Gasteiger partial charge in [0, 0.05) is 5.56 Å². The third-order valence-corrected chi connectivity index (χ3v) is 7.07. The number of thiophene rings is 1. The van der Waals surface area contributed by atoms with Crippen LogP contribution in [0.4, 0.5) is 5.69 Å². The number of amides is 1. The molecule has 0 radical (unpaired) electrons. The van der Waals surface area contributed by atoms with Crippen LogP contribution in [0, 0.1) is 0 Å². The minimum Gasteiger partial charge on any atom is -0.465 e. The quantitative estimate of drug-likeness (QED) is 0.611. The van der Waals surface area contributed by atoms with Crippen molar-refractivity contribution in [1.82, 2.24) is 4.57 Å². The Kier molecular flexibility index (Phi) is 4.23. The summed E-state index contributed by atoms with van der Waals surface area (Å²) in [4.78, 5) is 25.4. The first kappa shape index (κ1) is 17.5. The molecular formula is C22H22N2O3S. The number of hydrogen-bond donors (Lipinski definition) is 1. The highest BCUT2D eigenvalue weighted by Crippen LogP contribution is 2.48. The van der Waals surface area contributed by atoms with Gasteiger partial charge in [-0.1, -0.05) is 37.5 Å². The fourth-order valence-corrected chi connectivity index (χ4v) is 5.91. The van der Waals surface area contributed by atoms with Crippen molar-refractivity contribution in [3.05, 3.63) is 40.8 Å². The number of rotatable bonds is 2. The molecule has 28 heavy (non-hydrogen) atoms. The SMILES string of the molecule is COC(=O)c1cc2c(s1)c(C1CCCCC1)c1n2CC(=O)Nc2ccccc2-1.